The number of benzene rings is 1. The van der Waals surface area contributed by atoms with E-state index in [4.69, 9.17) is 9.84 Å². The van der Waals surface area contributed by atoms with E-state index in [1.165, 1.54) is 12.1 Å². The largest absolute Gasteiger partial charge is 0.478 e. The van der Waals surface area contributed by atoms with E-state index in [1.807, 2.05) is 0 Å². The van der Waals surface area contributed by atoms with Crippen molar-refractivity contribution in [2.75, 3.05) is 27.3 Å². The van der Waals surface area contributed by atoms with Crippen LogP contribution in [0.5, 0.6) is 0 Å². The summed E-state index contributed by atoms with van der Waals surface area (Å²) in [5.41, 5.74) is 1.12. The molecule has 6 heteroatoms. The summed E-state index contributed by atoms with van der Waals surface area (Å²) in [5.74, 6) is -0.958. The quantitative estimate of drug-likeness (QED) is 0.743. The Kier molecular flexibility index (Phi) is 6.52. The number of carboxylic acid groups (broad SMARTS) is 1. The molecule has 0 bridgehead atoms. The number of methoxy groups -OCH3 is 1. The summed E-state index contributed by atoms with van der Waals surface area (Å²) < 4.78 is 4.90. The van der Waals surface area contributed by atoms with Gasteiger partial charge < -0.3 is 20.1 Å². The summed E-state index contributed by atoms with van der Waals surface area (Å²) in [6.45, 7) is 1.60. The first-order chi connectivity index (χ1) is 9.54. The monoisotopic (exact) mass is 280 g/mol. The van der Waals surface area contributed by atoms with Gasteiger partial charge in [0, 0.05) is 33.9 Å². The summed E-state index contributed by atoms with van der Waals surface area (Å²) >= 11 is 0. The first kappa shape index (κ1) is 16.0. The van der Waals surface area contributed by atoms with Gasteiger partial charge in [-0.3, -0.25) is 0 Å². The molecule has 0 radical (unpaired) electrons. The first-order valence-corrected chi connectivity index (χ1v) is 6.34. The van der Waals surface area contributed by atoms with Gasteiger partial charge in [-0.1, -0.05) is 12.1 Å². The number of amides is 2. The van der Waals surface area contributed by atoms with E-state index in [2.05, 4.69) is 5.32 Å². The Morgan fingerprint density at radius 2 is 1.95 bits per heavy atom. The van der Waals surface area contributed by atoms with Crippen molar-refractivity contribution >= 4 is 12.0 Å². The first-order valence-electron chi connectivity index (χ1n) is 6.34. The maximum atomic E-state index is 11.8. The van der Waals surface area contributed by atoms with E-state index >= 15 is 0 Å². The Balaban J connectivity index is 2.42. The fraction of sp³-hybridized carbons (Fsp3) is 0.429. The minimum Gasteiger partial charge on any atom is -0.478 e. The molecule has 0 heterocycles. The van der Waals surface area contributed by atoms with Crippen LogP contribution in [0.1, 0.15) is 22.3 Å². The second-order valence-corrected chi connectivity index (χ2v) is 4.44. The van der Waals surface area contributed by atoms with Gasteiger partial charge in [0.25, 0.3) is 0 Å². The van der Waals surface area contributed by atoms with E-state index < -0.39 is 5.97 Å². The molecule has 0 saturated heterocycles. The summed E-state index contributed by atoms with van der Waals surface area (Å²) in [4.78, 5) is 24.0. The predicted octanol–water partition coefficient (Wildman–Crippen LogP) is 1.56. The SMILES string of the molecule is COCCCNC(=O)N(C)Cc1ccc(C(=O)O)cc1. The molecular weight excluding hydrogens is 260 g/mol. The van der Waals surface area contributed by atoms with Gasteiger partial charge in [0.05, 0.1) is 5.56 Å². The van der Waals surface area contributed by atoms with Crippen LogP contribution in [0.4, 0.5) is 4.79 Å². The molecule has 0 fully saturated rings. The maximum Gasteiger partial charge on any atom is 0.335 e. The van der Waals surface area contributed by atoms with Crippen LogP contribution in [-0.2, 0) is 11.3 Å². The molecule has 2 amide bonds. The normalized spacial score (nSPS) is 10.1. The highest BCUT2D eigenvalue weighted by Gasteiger charge is 2.09. The van der Waals surface area contributed by atoms with Gasteiger partial charge in [-0.25, -0.2) is 9.59 Å². The summed E-state index contributed by atoms with van der Waals surface area (Å²) in [7, 11) is 3.31. The summed E-state index contributed by atoms with van der Waals surface area (Å²) in [5, 5.41) is 11.6. The smallest absolute Gasteiger partial charge is 0.335 e. The van der Waals surface area contributed by atoms with Gasteiger partial charge in [0.15, 0.2) is 0 Å². The zero-order valence-electron chi connectivity index (χ0n) is 11.8. The molecule has 110 valence electrons. The van der Waals surface area contributed by atoms with Gasteiger partial charge in [-0.15, -0.1) is 0 Å². The van der Waals surface area contributed by atoms with Crippen LogP contribution in [0, 0.1) is 0 Å². The highest BCUT2D eigenvalue weighted by Crippen LogP contribution is 2.07. The van der Waals surface area contributed by atoms with Crippen LogP contribution < -0.4 is 5.32 Å². The molecule has 0 aromatic heterocycles. The van der Waals surface area contributed by atoms with Crippen LogP contribution in [0.25, 0.3) is 0 Å². The Morgan fingerprint density at radius 3 is 2.50 bits per heavy atom. The number of hydrogen-bond donors (Lipinski definition) is 2. The molecule has 0 spiro atoms. The van der Waals surface area contributed by atoms with Crippen LogP contribution in [0.3, 0.4) is 0 Å². The highest BCUT2D eigenvalue weighted by molar-refractivity contribution is 5.87. The van der Waals surface area contributed by atoms with Crippen LogP contribution in [0.2, 0.25) is 0 Å². The van der Waals surface area contributed by atoms with Crippen molar-refractivity contribution in [3.8, 4) is 0 Å². The molecule has 6 nitrogen and oxygen atoms in total. The van der Waals surface area contributed by atoms with Crippen LogP contribution in [-0.4, -0.2) is 49.3 Å². The predicted molar refractivity (Wildman–Crippen MR) is 74.8 cm³/mol. The number of hydrogen-bond acceptors (Lipinski definition) is 3. The number of nitrogens with zero attached hydrogens (tertiary/aromatic N) is 1. The summed E-state index contributed by atoms with van der Waals surface area (Å²) in [6.07, 6.45) is 0.767. The van der Waals surface area contributed by atoms with Gasteiger partial charge in [-0.2, -0.15) is 0 Å². The Hall–Kier alpha value is -2.08. The van der Waals surface area contributed by atoms with Crippen LogP contribution in [0.15, 0.2) is 24.3 Å². The minimum absolute atomic E-state index is 0.164. The van der Waals surface area contributed by atoms with E-state index in [9.17, 15) is 9.59 Å². The molecule has 20 heavy (non-hydrogen) atoms. The van der Waals surface area contributed by atoms with Crippen molar-refractivity contribution in [1.29, 1.82) is 0 Å². The fourth-order valence-electron chi connectivity index (χ4n) is 1.65. The topological polar surface area (TPSA) is 78.9 Å². The molecule has 0 atom stereocenters. The van der Waals surface area contributed by atoms with Gasteiger partial charge in [-0.05, 0) is 24.1 Å². The van der Waals surface area contributed by atoms with E-state index in [1.54, 1.807) is 31.2 Å². The average molecular weight is 280 g/mol. The number of rotatable bonds is 7. The van der Waals surface area contributed by atoms with E-state index in [0.29, 0.717) is 19.7 Å². The number of carbonyl (C=O) groups is 2. The average Bonchev–Trinajstić information content (AvgIpc) is 2.44. The molecule has 1 aromatic rings. The zero-order valence-corrected chi connectivity index (χ0v) is 11.8. The number of ether oxygens (including phenoxy) is 1. The number of carbonyl (C=O) groups excluding carboxylic acids is 1. The molecule has 1 aromatic carbocycles. The van der Waals surface area contributed by atoms with Gasteiger partial charge in [0.1, 0.15) is 0 Å². The van der Waals surface area contributed by atoms with Gasteiger partial charge >= 0.3 is 12.0 Å². The lowest BCUT2D eigenvalue weighted by Gasteiger charge is -2.18. The third-order valence-corrected chi connectivity index (χ3v) is 2.77. The molecule has 0 aliphatic heterocycles. The van der Waals surface area contributed by atoms with E-state index in [-0.39, 0.29) is 11.6 Å². The molecule has 0 saturated carbocycles. The lowest BCUT2D eigenvalue weighted by molar-refractivity contribution is 0.0697. The second kappa shape index (κ2) is 8.16. The van der Waals surface area contributed by atoms with Crippen molar-refractivity contribution in [1.82, 2.24) is 10.2 Å². The van der Waals surface area contributed by atoms with Crippen molar-refractivity contribution in [2.45, 2.75) is 13.0 Å². The second-order valence-electron chi connectivity index (χ2n) is 4.44. The van der Waals surface area contributed by atoms with Crippen molar-refractivity contribution in [2.24, 2.45) is 0 Å². The Bertz CT molecular complexity index is 445. The van der Waals surface area contributed by atoms with Gasteiger partial charge in [0.2, 0.25) is 0 Å². The lowest BCUT2D eigenvalue weighted by atomic mass is 10.1. The number of urea groups is 1. The van der Waals surface area contributed by atoms with Crippen molar-refractivity contribution < 1.29 is 19.4 Å². The number of nitrogens with one attached hydrogen (secondary N) is 1. The molecule has 0 unspecified atom stereocenters. The fourth-order valence-corrected chi connectivity index (χ4v) is 1.65. The highest BCUT2D eigenvalue weighted by atomic mass is 16.5. The summed E-state index contributed by atoms with van der Waals surface area (Å²) in [6, 6.07) is 6.31. The third kappa shape index (κ3) is 5.27. The van der Waals surface area contributed by atoms with Crippen LogP contribution >= 0.6 is 0 Å². The standard InChI is InChI=1S/C14H20N2O4/c1-16(14(19)15-8-3-9-20-2)10-11-4-6-12(7-5-11)13(17)18/h4-7H,3,8-10H2,1-2H3,(H,15,19)(H,17,18). The molecule has 0 aliphatic rings. The van der Waals surface area contributed by atoms with Crippen molar-refractivity contribution in [3.05, 3.63) is 35.4 Å². The molecular formula is C14H20N2O4. The zero-order chi connectivity index (χ0) is 15.0. The Morgan fingerprint density at radius 1 is 1.30 bits per heavy atom. The van der Waals surface area contributed by atoms with Crippen molar-refractivity contribution in [3.63, 3.8) is 0 Å². The lowest BCUT2D eigenvalue weighted by Crippen LogP contribution is -2.37. The third-order valence-electron chi connectivity index (χ3n) is 2.77. The molecule has 1 rings (SSSR count). The van der Waals surface area contributed by atoms with E-state index in [0.717, 1.165) is 12.0 Å². The minimum atomic E-state index is -0.958. The molecule has 2 N–H and O–H groups in total. The number of aromatic carboxylic acids is 1. The molecule has 0 aliphatic carbocycles. The number of carboxylic acids is 1. The maximum absolute atomic E-state index is 11.8. The Labute approximate surface area is 118 Å².